The zero-order valence-electron chi connectivity index (χ0n) is 17.4. The molecule has 0 bridgehead atoms. The first kappa shape index (κ1) is 21.1. The van der Waals surface area contributed by atoms with Crippen molar-refractivity contribution in [3.05, 3.63) is 53.3 Å². The topological polar surface area (TPSA) is 74.1 Å². The lowest BCUT2D eigenvalue weighted by Crippen LogP contribution is -2.48. The van der Waals surface area contributed by atoms with Gasteiger partial charge in [-0.3, -0.25) is 9.69 Å². The van der Waals surface area contributed by atoms with Crippen LogP contribution in [0.15, 0.2) is 45.9 Å². The second-order valence-electron chi connectivity index (χ2n) is 8.15. The molecule has 0 N–H and O–H groups in total. The maximum atomic E-state index is 12.6. The van der Waals surface area contributed by atoms with E-state index >= 15 is 0 Å². The Morgan fingerprint density at radius 1 is 0.933 bits per heavy atom. The van der Waals surface area contributed by atoms with E-state index in [1.54, 1.807) is 12.1 Å². The van der Waals surface area contributed by atoms with Crippen LogP contribution >= 0.6 is 0 Å². The third-order valence-electron chi connectivity index (χ3n) is 5.88. The fourth-order valence-electron chi connectivity index (χ4n) is 4.01. The molecule has 2 aromatic rings. The van der Waals surface area contributed by atoms with Gasteiger partial charge in [0.2, 0.25) is 11.0 Å². The Morgan fingerprint density at radius 2 is 1.60 bits per heavy atom. The number of rotatable bonds is 6. The SMILES string of the molecule is Cc1ccc(CC(=O)N2CCN(Cc3ccc(S(=O)(=O)N4CCCC4)o3)CC2)cc1. The molecule has 162 valence electrons. The summed E-state index contributed by atoms with van der Waals surface area (Å²) >= 11 is 0. The van der Waals surface area contributed by atoms with E-state index in [2.05, 4.69) is 4.90 Å². The molecule has 1 aromatic carbocycles. The first-order valence-electron chi connectivity index (χ1n) is 10.6. The molecule has 3 heterocycles. The second kappa shape index (κ2) is 8.91. The molecule has 0 spiro atoms. The summed E-state index contributed by atoms with van der Waals surface area (Å²) in [5.74, 6) is 0.794. The predicted molar refractivity (Wildman–Crippen MR) is 113 cm³/mol. The lowest BCUT2D eigenvalue weighted by Gasteiger charge is -2.34. The van der Waals surface area contributed by atoms with Crippen molar-refractivity contribution in [3.63, 3.8) is 0 Å². The first-order valence-corrected chi connectivity index (χ1v) is 12.0. The van der Waals surface area contributed by atoms with Gasteiger partial charge in [-0.25, -0.2) is 8.42 Å². The number of hydrogen-bond donors (Lipinski definition) is 0. The van der Waals surface area contributed by atoms with Crippen LogP contribution < -0.4 is 0 Å². The van der Waals surface area contributed by atoms with Crippen LogP contribution in [0.2, 0.25) is 0 Å². The van der Waals surface area contributed by atoms with Gasteiger partial charge in [-0.05, 0) is 37.5 Å². The Bertz CT molecular complexity index is 970. The summed E-state index contributed by atoms with van der Waals surface area (Å²) < 4.78 is 32.4. The molecule has 2 fully saturated rings. The molecule has 0 radical (unpaired) electrons. The number of aryl methyl sites for hydroxylation is 1. The Labute approximate surface area is 178 Å². The fourth-order valence-corrected chi connectivity index (χ4v) is 5.45. The smallest absolute Gasteiger partial charge is 0.276 e. The van der Waals surface area contributed by atoms with Crippen molar-refractivity contribution in [1.82, 2.24) is 14.1 Å². The highest BCUT2D eigenvalue weighted by molar-refractivity contribution is 7.89. The number of hydrogen-bond acceptors (Lipinski definition) is 5. The number of furan rings is 1. The number of benzene rings is 1. The average Bonchev–Trinajstić information content (AvgIpc) is 3.43. The molecule has 1 amide bonds. The lowest BCUT2D eigenvalue weighted by atomic mass is 10.1. The Kier molecular flexibility index (Phi) is 6.26. The summed E-state index contributed by atoms with van der Waals surface area (Å²) in [6.45, 7) is 6.55. The molecule has 0 atom stereocenters. The summed E-state index contributed by atoms with van der Waals surface area (Å²) in [4.78, 5) is 16.7. The summed E-state index contributed by atoms with van der Waals surface area (Å²) in [6, 6.07) is 11.4. The molecule has 8 heteroatoms. The number of carbonyl (C=O) groups is 1. The predicted octanol–water partition coefficient (Wildman–Crippen LogP) is 2.26. The van der Waals surface area contributed by atoms with Gasteiger partial charge in [0.05, 0.1) is 13.0 Å². The van der Waals surface area contributed by atoms with Gasteiger partial charge in [-0.15, -0.1) is 0 Å². The van der Waals surface area contributed by atoms with Crippen LogP contribution in [-0.2, 0) is 27.8 Å². The van der Waals surface area contributed by atoms with E-state index in [1.807, 2.05) is 36.1 Å². The number of carbonyl (C=O) groups excluding carboxylic acids is 1. The minimum absolute atomic E-state index is 0.0336. The van der Waals surface area contributed by atoms with Crippen molar-refractivity contribution < 1.29 is 17.6 Å². The quantitative estimate of drug-likeness (QED) is 0.701. The summed E-state index contributed by atoms with van der Waals surface area (Å²) in [6.07, 6.45) is 2.23. The summed E-state index contributed by atoms with van der Waals surface area (Å²) in [5, 5.41) is 0.0336. The van der Waals surface area contributed by atoms with Crippen LogP contribution in [0.25, 0.3) is 0 Å². The Morgan fingerprint density at radius 3 is 2.27 bits per heavy atom. The monoisotopic (exact) mass is 431 g/mol. The standard InChI is InChI=1S/C22H29N3O4S/c1-18-4-6-19(7-5-18)16-21(26)24-14-12-23(13-15-24)17-20-8-9-22(29-20)30(27,28)25-10-2-3-11-25/h4-9H,2-3,10-17H2,1H3. The van der Waals surface area contributed by atoms with Crippen molar-refractivity contribution in [2.45, 2.75) is 37.8 Å². The third kappa shape index (κ3) is 4.77. The van der Waals surface area contributed by atoms with Gasteiger partial charge in [-0.2, -0.15) is 4.31 Å². The van der Waals surface area contributed by atoms with Crippen LogP contribution in [0.1, 0.15) is 29.7 Å². The molecule has 2 saturated heterocycles. The molecular formula is C22H29N3O4S. The van der Waals surface area contributed by atoms with Gasteiger partial charge in [0.25, 0.3) is 10.0 Å². The van der Waals surface area contributed by atoms with E-state index in [-0.39, 0.29) is 11.0 Å². The molecule has 0 aliphatic carbocycles. The number of amides is 1. The van der Waals surface area contributed by atoms with E-state index in [0.717, 1.165) is 31.5 Å². The van der Waals surface area contributed by atoms with Crippen molar-refractivity contribution in [3.8, 4) is 0 Å². The van der Waals surface area contributed by atoms with E-state index in [4.69, 9.17) is 4.42 Å². The minimum Gasteiger partial charge on any atom is -0.447 e. The van der Waals surface area contributed by atoms with E-state index in [9.17, 15) is 13.2 Å². The number of sulfonamides is 1. The number of piperazine rings is 1. The Hall–Kier alpha value is -2.16. The van der Waals surface area contributed by atoms with E-state index < -0.39 is 10.0 Å². The molecule has 2 aliphatic heterocycles. The minimum atomic E-state index is -3.52. The molecule has 0 unspecified atom stereocenters. The molecular weight excluding hydrogens is 402 g/mol. The van der Waals surface area contributed by atoms with Gasteiger partial charge in [-0.1, -0.05) is 29.8 Å². The van der Waals surface area contributed by atoms with E-state index in [0.29, 0.717) is 44.9 Å². The first-order chi connectivity index (χ1) is 14.4. The summed E-state index contributed by atoms with van der Waals surface area (Å²) in [5.41, 5.74) is 2.23. The highest BCUT2D eigenvalue weighted by Crippen LogP contribution is 2.23. The average molecular weight is 432 g/mol. The molecule has 0 saturated carbocycles. The van der Waals surface area contributed by atoms with Crippen LogP contribution in [-0.4, -0.2) is 67.7 Å². The van der Waals surface area contributed by atoms with Crippen LogP contribution in [0.4, 0.5) is 0 Å². The normalized spacial score (nSPS) is 18.8. The zero-order valence-corrected chi connectivity index (χ0v) is 18.2. The van der Waals surface area contributed by atoms with Crippen molar-refractivity contribution in [2.75, 3.05) is 39.3 Å². The van der Waals surface area contributed by atoms with Crippen LogP contribution in [0.5, 0.6) is 0 Å². The third-order valence-corrected chi connectivity index (χ3v) is 7.65. The van der Waals surface area contributed by atoms with Crippen molar-refractivity contribution in [1.29, 1.82) is 0 Å². The van der Waals surface area contributed by atoms with Gasteiger partial charge < -0.3 is 9.32 Å². The van der Waals surface area contributed by atoms with Crippen LogP contribution in [0.3, 0.4) is 0 Å². The summed E-state index contributed by atoms with van der Waals surface area (Å²) in [7, 11) is -3.52. The zero-order chi connectivity index (χ0) is 21.1. The largest absolute Gasteiger partial charge is 0.447 e. The molecule has 2 aliphatic rings. The molecule has 30 heavy (non-hydrogen) atoms. The van der Waals surface area contributed by atoms with Gasteiger partial charge >= 0.3 is 0 Å². The second-order valence-corrected chi connectivity index (χ2v) is 10.0. The van der Waals surface area contributed by atoms with Crippen molar-refractivity contribution in [2.24, 2.45) is 0 Å². The van der Waals surface area contributed by atoms with Gasteiger partial charge in [0.1, 0.15) is 5.76 Å². The fraction of sp³-hybridized carbons (Fsp3) is 0.500. The van der Waals surface area contributed by atoms with E-state index in [1.165, 1.54) is 9.87 Å². The molecule has 4 rings (SSSR count). The van der Waals surface area contributed by atoms with Gasteiger partial charge in [0.15, 0.2) is 0 Å². The maximum absolute atomic E-state index is 12.6. The highest BCUT2D eigenvalue weighted by atomic mass is 32.2. The highest BCUT2D eigenvalue weighted by Gasteiger charge is 2.30. The Balaban J connectivity index is 1.28. The van der Waals surface area contributed by atoms with Gasteiger partial charge in [0, 0.05) is 39.3 Å². The maximum Gasteiger partial charge on any atom is 0.276 e. The number of nitrogens with zero attached hydrogens (tertiary/aromatic N) is 3. The van der Waals surface area contributed by atoms with Crippen LogP contribution in [0, 0.1) is 6.92 Å². The molecule has 7 nitrogen and oxygen atoms in total. The van der Waals surface area contributed by atoms with Crippen molar-refractivity contribution >= 4 is 15.9 Å². The molecule has 1 aromatic heterocycles. The lowest BCUT2D eigenvalue weighted by molar-refractivity contribution is -0.132.